The quantitative estimate of drug-likeness (QED) is 0.810. The number of fused-ring (bicyclic) bond motifs is 2. The van der Waals surface area contributed by atoms with Gasteiger partial charge in [0, 0.05) is 11.6 Å². The SMILES string of the molecule is Clc1cccc(CC23CNCC(C2)C3)c1. The fourth-order valence-electron chi connectivity index (χ4n) is 3.28. The number of benzene rings is 1. The summed E-state index contributed by atoms with van der Waals surface area (Å²) in [6.45, 7) is 2.42. The third kappa shape index (κ3) is 1.79. The van der Waals surface area contributed by atoms with E-state index in [-0.39, 0.29) is 0 Å². The monoisotopic (exact) mass is 221 g/mol. The maximum Gasteiger partial charge on any atom is 0.0408 e. The number of nitrogens with one attached hydrogen (secondary N) is 1. The third-order valence-electron chi connectivity index (χ3n) is 3.84. The molecular weight excluding hydrogens is 206 g/mol. The number of hydrogen-bond donors (Lipinski definition) is 1. The third-order valence-corrected chi connectivity index (χ3v) is 4.08. The Labute approximate surface area is 95.8 Å². The van der Waals surface area contributed by atoms with Crippen molar-refractivity contribution in [1.29, 1.82) is 0 Å². The molecule has 0 spiro atoms. The maximum atomic E-state index is 6.01. The molecule has 2 heterocycles. The Morgan fingerprint density at radius 3 is 2.93 bits per heavy atom. The first kappa shape index (κ1) is 9.68. The van der Waals surface area contributed by atoms with Gasteiger partial charge in [-0.25, -0.2) is 0 Å². The van der Waals surface area contributed by atoms with Crippen molar-refractivity contribution < 1.29 is 0 Å². The number of halogens is 1. The summed E-state index contributed by atoms with van der Waals surface area (Å²) in [6, 6.07) is 8.31. The first-order valence-corrected chi connectivity index (χ1v) is 6.09. The fraction of sp³-hybridized carbons (Fsp3) is 0.538. The van der Waals surface area contributed by atoms with Gasteiger partial charge in [0.25, 0.3) is 0 Å². The van der Waals surface area contributed by atoms with E-state index in [1.165, 1.54) is 37.9 Å². The summed E-state index contributed by atoms with van der Waals surface area (Å²) in [6.07, 6.45) is 4.01. The number of hydrogen-bond acceptors (Lipinski definition) is 1. The summed E-state index contributed by atoms with van der Waals surface area (Å²) >= 11 is 6.01. The van der Waals surface area contributed by atoms with Gasteiger partial charge in [-0.15, -0.1) is 0 Å². The second-order valence-electron chi connectivity index (χ2n) is 5.21. The molecule has 15 heavy (non-hydrogen) atoms. The molecule has 2 heteroatoms. The molecule has 2 aliphatic heterocycles. The van der Waals surface area contributed by atoms with Gasteiger partial charge in [0.1, 0.15) is 0 Å². The van der Waals surface area contributed by atoms with Crippen LogP contribution in [0.3, 0.4) is 0 Å². The summed E-state index contributed by atoms with van der Waals surface area (Å²) in [4.78, 5) is 0. The van der Waals surface area contributed by atoms with Crippen molar-refractivity contribution in [2.24, 2.45) is 11.3 Å². The van der Waals surface area contributed by atoms with Crippen LogP contribution in [-0.2, 0) is 6.42 Å². The fourth-order valence-corrected chi connectivity index (χ4v) is 3.49. The Kier molecular flexibility index (Phi) is 2.26. The smallest absolute Gasteiger partial charge is 0.0408 e. The number of piperidine rings is 2. The zero-order valence-electron chi connectivity index (χ0n) is 8.80. The highest BCUT2D eigenvalue weighted by Gasteiger charge is 2.46. The van der Waals surface area contributed by atoms with E-state index in [0.717, 1.165) is 10.9 Å². The molecule has 0 atom stereocenters. The molecule has 3 fully saturated rings. The standard InChI is InChI=1S/C13H16ClN/c14-12-3-1-2-10(4-12)5-13-6-11(7-13)8-15-9-13/h1-4,11,15H,5-9H2. The van der Waals surface area contributed by atoms with Crippen molar-refractivity contribution >= 4 is 11.6 Å². The molecule has 0 aromatic heterocycles. The molecule has 0 unspecified atom stereocenters. The van der Waals surface area contributed by atoms with Crippen LogP contribution < -0.4 is 5.32 Å². The highest BCUT2D eigenvalue weighted by atomic mass is 35.5. The summed E-state index contributed by atoms with van der Waals surface area (Å²) < 4.78 is 0. The Bertz CT molecular complexity index is 363. The lowest BCUT2D eigenvalue weighted by molar-refractivity contribution is 0.0145. The first-order chi connectivity index (χ1) is 7.26. The Morgan fingerprint density at radius 2 is 2.27 bits per heavy atom. The summed E-state index contributed by atoms with van der Waals surface area (Å²) in [5.41, 5.74) is 1.94. The molecule has 1 aromatic rings. The number of rotatable bonds is 2. The van der Waals surface area contributed by atoms with Crippen LogP contribution in [-0.4, -0.2) is 13.1 Å². The van der Waals surface area contributed by atoms with Crippen LogP contribution in [0.25, 0.3) is 0 Å². The van der Waals surface area contributed by atoms with Crippen molar-refractivity contribution in [3.8, 4) is 0 Å². The van der Waals surface area contributed by atoms with Crippen molar-refractivity contribution in [2.75, 3.05) is 13.1 Å². The van der Waals surface area contributed by atoms with E-state index in [1.54, 1.807) is 0 Å². The Morgan fingerprint density at radius 1 is 1.40 bits per heavy atom. The molecule has 0 amide bonds. The van der Waals surface area contributed by atoms with Gasteiger partial charge in [-0.3, -0.25) is 0 Å². The van der Waals surface area contributed by atoms with Gasteiger partial charge in [0.2, 0.25) is 0 Å². The molecule has 3 aliphatic rings. The minimum Gasteiger partial charge on any atom is -0.316 e. The van der Waals surface area contributed by atoms with Gasteiger partial charge < -0.3 is 5.32 Å². The van der Waals surface area contributed by atoms with Crippen LogP contribution in [0.4, 0.5) is 0 Å². The summed E-state index contributed by atoms with van der Waals surface area (Å²) in [5.74, 6) is 0.943. The maximum absolute atomic E-state index is 6.01. The molecular formula is C13H16ClN. The average molecular weight is 222 g/mol. The molecule has 1 N–H and O–H groups in total. The largest absolute Gasteiger partial charge is 0.316 e. The molecule has 1 aromatic carbocycles. The van der Waals surface area contributed by atoms with Gasteiger partial charge in [0.15, 0.2) is 0 Å². The molecule has 0 radical (unpaired) electrons. The van der Waals surface area contributed by atoms with E-state index in [0.29, 0.717) is 5.41 Å². The minimum absolute atomic E-state index is 0.549. The van der Waals surface area contributed by atoms with E-state index in [1.807, 2.05) is 6.07 Å². The van der Waals surface area contributed by atoms with Crippen molar-refractivity contribution in [1.82, 2.24) is 5.32 Å². The van der Waals surface area contributed by atoms with Gasteiger partial charge in [-0.05, 0) is 54.8 Å². The average Bonchev–Trinajstić information content (AvgIpc) is 2.17. The molecule has 1 nitrogen and oxygen atoms in total. The van der Waals surface area contributed by atoms with Crippen LogP contribution in [0.15, 0.2) is 24.3 Å². The van der Waals surface area contributed by atoms with E-state index in [2.05, 4.69) is 23.5 Å². The molecule has 80 valence electrons. The highest BCUT2D eigenvalue weighted by molar-refractivity contribution is 6.30. The van der Waals surface area contributed by atoms with Crippen molar-refractivity contribution in [2.45, 2.75) is 19.3 Å². The molecule has 2 saturated heterocycles. The van der Waals surface area contributed by atoms with Gasteiger partial charge in [0.05, 0.1) is 0 Å². The Hall–Kier alpha value is -0.530. The van der Waals surface area contributed by atoms with Crippen molar-refractivity contribution in [3.05, 3.63) is 34.9 Å². The lowest BCUT2D eigenvalue weighted by atomic mass is 9.57. The highest BCUT2D eigenvalue weighted by Crippen LogP contribution is 2.49. The predicted octanol–water partition coefficient (Wildman–Crippen LogP) is 2.88. The molecule has 1 aliphatic carbocycles. The molecule has 1 saturated carbocycles. The minimum atomic E-state index is 0.549. The zero-order chi connectivity index (χ0) is 10.3. The second-order valence-corrected chi connectivity index (χ2v) is 5.65. The first-order valence-electron chi connectivity index (χ1n) is 5.71. The van der Waals surface area contributed by atoms with Crippen LogP contribution in [0, 0.1) is 11.3 Å². The molecule has 2 bridgehead atoms. The van der Waals surface area contributed by atoms with Crippen LogP contribution in [0.5, 0.6) is 0 Å². The second kappa shape index (κ2) is 3.50. The van der Waals surface area contributed by atoms with E-state index < -0.39 is 0 Å². The van der Waals surface area contributed by atoms with E-state index in [9.17, 15) is 0 Å². The van der Waals surface area contributed by atoms with Gasteiger partial charge >= 0.3 is 0 Å². The van der Waals surface area contributed by atoms with Gasteiger partial charge in [-0.1, -0.05) is 23.7 Å². The summed E-state index contributed by atoms with van der Waals surface area (Å²) in [7, 11) is 0. The van der Waals surface area contributed by atoms with Crippen LogP contribution in [0.2, 0.25) is 5.02 Å². The van der Waals surface area contributed by atoms with Crippen molar-refractivity contribution in [3.63, 3.8) is 0 Å². The van der Waals surface area contributed by atoms with E-state index in [4.69, 9.17) is 11.6 Å². The van der Waals surface area contributed by atoms with Crippen LogP contribution in [0.1, 0.15) is 18.4 Å². The molecule has 4 rings (SSSR count). The summed E-state index contributed by atoms with van der Waals surface area (Å²) in [5, 5.41) is 4.39. The van der Waals surface area contributed by atoms with Gasteiger partial charge in [-0.2, -0.15) is 0 Å². The Balaban J connectivity index is 1.75. The topological polar surface area (TPSA) is 12.0 Å². The van der Waals surface area contributed by atoms with E-state index >= 15 is 0 Å². The predicted molar refractivity (Wildman–Crippen MR) is 63.2 cm³/mol. The zero-order valence-corrected chi connectivity index (χ0v) is 9.56. The van der Waals surface area contributed by atoms with Crippen LogP contribution >= 0.6 is 11.6 Å². The lowest BCUT2D eigenvalue weighted by Crippen LogP contribution is -2.55. The lowest BCUT2D eigenvalue weighted by Gasteiger charge is -2.53. The normalized spacial score (nSPS) is 33.5.